The van der Waals surface area contributed by atoms with Crippen LogP contribution in [0, 0.1) is 33.9 Å². The van der Waals surface area contributed by atoms with E-state index in [0.29, 0.717) is 38.5 Å². The standard InChI is InChI=1S/C27H36FN3O6/c1-26(2,14-29)15-30-23(32)17-6-5-7-20(17)31-24(33)18-12-22(19(28)13-21(18)36-4)37-16-8-10-27(3,11-9-16)25(34)35/h12-13,16-17,20H,5-11,15H2,1-4H3,(H,30,32)(H,31,33)(H,34,35)/t16?,17-,20+,27?/m0/s1. The zero-order valence-corrected chi connectivity index (χ0v) is 21.9. The fourth-order valence-corrected chi connectivity index (χ4v) is 4.88. The molecule has 2 saturated carbocycles. The molecule has 202 valence electrons. The minimum Gasteiger partial charge on any atom is -0.496 e. The van der Waals surface area contributed by atoms with Gasteiger partial charge in [-0.15, -0.1) is 0 Å². The first-order chi connectivity index (χ1) is 17.4. The van der Waals surface area contributed by atoms with E-state index in [-0.39, 0.29) is 35.6 Å². The molecule has 0 saturated heterocycles. The van der Waals surface area contributed by atoms with Gasteiger partial charge in [-0.2, -0.15) is 5.26 Å². The Balaban J connectivity index is 1.70. The minimum absolute atomic E-state index is 0.0409. The lowest BCUT2D eigenvalue weighted by molar-refractivity contribution is -0.150. The van der Waals surface area contributed by atoms with Gasteiger partial charge in [0.25, 0.3) is 5.91 Å². The van der Waals surface area contributed by atoms with Gasteiger partial charge in [-0.1, -0.05) is 6.42 Å². The number of halogens is 1. The molecule has 1 aromatic rings. The first-order valence-corrected chi connectivity index (χ1v) is 12.7. The van der Waals surface area contributed by atoms with E-state index in [9.17, 15) is 29.1 Å². The number of ether oxygens (including phenoxy) is 2. The molecule has 2 fully saturated rings. The van der Waals surface area contributed by atoms with E-state index < -0.39 is 40.5 Å². The molecule has 9 nitrogen and oxygen atoms in total. The largest absolute Gasteiger partial charge is 0.496 e. The highest BCUT2D eigenvalue weighted by Gasteiger charge is 2.39. The first kappa shape index (κ1) is 28.2. The molecule has 0 spiro atoms. The first-order valence-electron chi connectivity index (χ1n) is 12.7. The minimum atomic E-state index is -0.854. The monoisotopic (exact) mass is 517 g/mol. The summed E-state index contributed by atoms with van der Waals surface area (Å²) in [7, 11) is 1.34. The van der Waals surface area contributed by atoms with Gasteiger partial charge in [0.05, 0.1) is 41.6 Å². The summed E-state index contributed by atoms with van der Waals surface area (Å²) in [6.07, 6.45) is 3.35. The van der Waals surface area contributed by atoms with E-state index in [1.165, 1.54) is 13.2 Å². The van der Waals surface area contributed by atoms with E-state index in [4.69, 9.17) is 9.47 Å². The average Bonchev–Trinajstić information content (AvgIpc) is 3.32. The normalized spacial score (nSPS) is 25.6. The number of carbonyl (C=O) groups is 3. The van der Waals surface area contributed by atoms with E-state index in [1.54, 1.807) is 20.8 Å². The maximum absolute atomic E-state index is 14.8. The predicted molar refractivity (Wildman–Crippen MR) is 133 cm³/mol. The van der Waals surface area contributed by atoms with Crippen molar-refractivity contribution in [1.82, 2.24) is 10.6 Å². The summed E-state index contributed by atoms with van der Waals surface area (Å²) in [6, 6.07) is 4.13. The van der Waals surface area contributed by atoms with Crippen molar-refractivity contribution in [3.8, 4) is 17.6 Å². The van der Waals surface area contributed by atoms with Gasteiger partial charge in [0.15, 0.2) is 11.6 Å². The molecule has 37 heavy (non-hydrogen) atoms. The third-order valence-corrected chi connectivity index (χ3v) is 7.52. The van der Waals surface area contributed by atoms with Crippen LogP contribution in [0.2, 0.25) is 0 Å². The van der Waals surface area contributed by atoms with Gasteiger partial charge in [-0.05, 0) is 65.4 Å². The summed E-state index contributed by atoms with van der Waals surface area (Å²) in [5.41, 5.74) is -1.44. The second-order valence-electron chi connectivity index (χ2n) is 11.0. The molecular formula is C27H36FN3O6. The number of aliphatic carboxylic acids is 1. The van der Waals surface area contributed by atoms with Crippen LogP contribution in [0.1, 0.15) is 76.1 Å². The zero-order chi connectivity index (χ0) is 27.4. The van der Waals surface area contributed by atoms with Crippen molar-refractivity contribution in [1.29, 1.82) is 5.26 Å². The molecule has 0 radical (unpaired) electrons. The fourth-order valence-electron chi connectivity index (χ4n) is 4.88. The van der Waals surface area contributed by atoms with Crippen LogP contribution in [0.4, 0.5) is 4.39 Å². The number of nitriles is 1. The number of benzene rings is 1. The van der Waals surface area contributed by atoms with Gasteiger partial charge in [0, 0.05) is 18.7 Å². The van der Waals surface area contributed by atoms with Crippen LogP contribution in [0.5, 0.6) is 11.5 Å². The molecule has 2 aliphatic rings. The Morgan fingerprint density at radius 2 is 1.86 bits per heavy atom. The number of carboxylic acid groups (broad SMARTS) is 1. The predicted octanol–water partition coefficient (Wildman–Crippen LogP) is 3.81. The van der Waals surface area contributed by atoms with E-state index in [2.05, 4.69) is 16.7 Å². The Hall–Kier alpha value is -3.35. The van der Waals surface area contributed by atoms with Crippen LogP contribution in [0.25, 0.3) is 0 Å². The van der Waals surface area contributed by atoms with Gasteiger partial charge in [0.1, 0.15) is 5.75 Å². The fraction of sp³-hybridized carbons (Fsp3) is 0.630. The van der Waals surface area contributed by atoms with Crippen molar-refractivity contribution in [2.75, 3.05) is 13.7 Å². The van der Waals surface area contributed by atoms with Gasteiger partial charge in [-0.25, -0.2) is 4.39 Å². The Morgan fingerprint density at radius 1 is 1.19 bits per heavy atom. The van der Waals surface area contributed by atoms with Crippen LogP contribution < -0.4 is 20.1 Å². The van der Waals surface area contributed by atoms with Crippen LogP contribution in [-0.4, -0.2) is 48.7 Å². The maximum Gasteiger partial charge on any atom is 0.309 e. The molecule has 10 heteroatoms. The molecule has 2 atom stereocenters. The number of rotatable bonds is 9. The van der Waals surface area contributed by atoms with E-state index in [1.807, 2.05) is 0 Å². The van der Waals surface area contributed by atoms with Crippen LogP contribution >= 0.6 is 0 Å². The van der Waals surface area contributed by atoms with Crippen molar-refractivity contribution >= 4 is 17.8 Å². The van der Waals surface area contributed by atoms with E-state index >= 15 is 0 Å². The smallest absolute Gasteiger partial charge is 0.309 e. The quantitative estimate of drug-likeness (QED) is 0.453. The lowest BCUT2D eigenvalue weighted by atomic mass is 9.75. The lowest BCUT2D eigenvalue weighted by Crippen LogP contribution is -2.45. The second kappa shape index (κ2) is 11.4. The number of hydrogen-bond donors (Lipinski definition) is 3. The molecular weight excluding hydrogens is 481 g/mol. The number of amides is 2. The highest BCUT2D eigenvalue weighted by atomic mass is 19.1. The average molecular weight is 518 g/mol. The summed E-state index contributed by atoms with van der Waals surface area (Å²) in [4.78, 5) is 37.5. The molecule has 0 aromatic heterocycles. The number of methoxy groups -OCH3 is 1. The van der Waals surface area contributed by atoms with Crippen molar-refractivity contribution in [2.45, 2.75) is 77.9 Å². The maximum atomic E-state index is 14.8. The second-order valence-corrected chi connectivity index (χ2v) is 11.0. The highest BCUT2D eigenvalue weighted by Crippen LogP contribution is 2.38. The van der Waals surface area contributed by atoms with Crippen molar-refractivity contribution in [2.24, 2.45) is 16.7 Å². The SMILES string of the molecule is COc1cc(F)c(OC2CCC(C)(C(=O)O)CC2)cc1C(=O)N[C@@H]1CCC[C@@H]1C(=O)NCC(C)(C)C#N. The van der Waals surface area contributed by atoms with Gasteiger partial charge >= 0.3 is 5.97 Å². The zero-order valence-electron chi connectivity index (χ0n) is 21.9. The third kappa shape index (κ3) is 6.70. The van der Waals surface area contributed by atoms with Gasteiger partial charge in [-0.3, -0.25) is 14.4 Å². The van der Waals surface area contributed by atoms with Crippen LogP contribution in [0.3, 0.4) is 0 Å². The van der Waals surface area contributed by atoms with Crippen molar-refractivity contribution in [3.05, 3.63) is 23.5 Å². The number of carboxylic acids is 1. The van der Waals surface area contributed by atoms with Gasteiger partial charge in [0.2, 0.25) is 5.91 Å². The Bertz CT molecular complexity index is 1070. The third-order valence-electron chi connectivity index (χ3n) is 7.52. The summed E-state index contributed by atoms with van der Waals surface area (Å²) in [5, 5.41) is 24.3. The van der Waals surface area contributed by atoms with Crippen molar-refractivity contribution in [3.63, 3.8) is 0 Å². The van der Waals surface area contributed by atoms with Crippen LogP contribution in [0.15, 0.2) is 12.1 Å². The molecule has 1 aromatic carbocycles. The molecule has 3 N–H and O–H groups in total. The number of hydrogen-bond acceptors (Lipinski definition) is 6. The Labute approximate surface area is 216 Å². The lowest BCUT2D eigenvalue weighted by Gasteiger charge is -2.34. The Morgan fingerprint density at radius 3 is 2.46 bits per heavy atom. The molecule has 0 heterocycles. The molecule has 3 rings (SSSR count). The van der Waals surface area contributed by atoms with E-state index in [0.717, 1.165) is 12.5 Å². The Kier molecular flexibility index (Phi) is 8.67. The van der Waals surface area contributed by atoms with Crippen LogP contribution in [-0.2, 0) is 9.59 Å². The summed E-state index contributed by atoms with van der Waals surface area (Å²) >= 11 is 0. The number of nitrogens with zero attached hydrogens (tertiary/aromatic N) is 1. The molecule has 0 unspecified atom stereocenters. The molecule has 0 aliphatic heterocycles. The number of nitrogens with one attached hydrogen (secondary N) is 2. The highest BCUT2D eigenvalue weighted by molar-refractivity contribution is 5.98. The summed E-state index contributed by atoms with van der Waals surface area (Å²) in [5.74, 6) is -2.76. The molecule has 0 bridgehead atoms. The number of carbonyl (C=O) groups excluding carboxylic acids is 2. The topological polar surface area (TPSA) is 138 Å². The molecule has 2 amide bonds. The summed E-state index contributed by atoms with van der Waals surface area (Å²) < 4.78 is 25.9. The van der Waals surface area contributed by atoms with Crippen molar-refractivity contribution < 1.29 is 33.4 Å². The van der Waals surface area contributed by atoms with Gasteiger partial charge < -0.3 is 25.2 Å². The summed E-state index contributed by atoms with van der Waals surface area (Å²) in [6.45, 7) is 5.38. The molecule has 2 aliphatic carbocycles.